The molecule has 5 heteroatoms. The monoisotopic (exact) mass is 276 g/mol. The second-order valence-electron chi connectivity index (χ2n) is 5.00. The summed E-state index contributed by atoms with van der Waals surface area (Å²) in [5.74, 6) is -0.561. The number of hydrogen-bond acceptors (Lipinski definition) is 4. The number of β-amino-alcohol motifs (C(OH)–C–C–N with tert-alkyl or cyclic N) is 1. The van der Waals surface area contributed by atoms with E-state index >= 15 is 0 Å². The third-order valence-electron chi connectivity index (χ3n) is 3.34. The predicted molar refractivity (Wildman–Crippen MR) is 75.4 cm³/mol. The second-order valence-corrected chi connectivity index (χ2v) is 5.00. The van der Waals surface area contributed by atoms with Crippen LogP contribution >= 0.6 is 0 Å². The molecule has 1 aliphatic rings. The highest BCUT2D eigenvalue weighted by molar-refractivity contribution is 6.09. The summed E-state index contributed by atoms with van der Waals surface area (Å²) >= 11 is 0. The average molecular weight is 276 g/mol. The Balaban J connectivity index is 2.02. The molecule has 108 valence electrons. The highest BCUT2D eigenvalue weighted by Gasteiger charge is 2.31. The lowest BCUT2D eigenvalue weighted by Gasteiger charge is -2.28. The number of aliphatic hydroxyl groups is 1. The third-order valence-corrected chi connectivity index (χ3v) is 3.34. The van der Waals surface area contributed by atoms with Crippen molar-refractivity contribution in [2.24, 2.45) is 0 Å². The van der Waals surface area contributed by atoms with Crippen molar-refractivity contribution >= 4 is 11.8 Å². The van der Waals surface area contributed by atoms with E-state index in [1.165, 1.54) is 0 Å². The zero-order valence-corrected chi connectivity index (χ0v) is 11.6. The molecule has 0 saturated carbocycles. The molecule has 1 aliphatic heterocycles. The first-order valence-electron chi connectivity index (χ1n) is 6.95. The average Bonchev–Trinajstić information content (AvgIpc) is 2.44. The van der Waals surface area contributed by atoms with Gasteiger partial charge >= 0.3 is 0 Å². The number of carbonyl (C=O) groups excluding carboxylic acids is 2. The number of nitrogens with one attached hydrogen (secondary N) is 1. The maximum Gasteiger partial charge on any atom is 0.260 e. The summed E-state index contributed by atoms with van der Waals surface area (Å²) in [5, 5.41) is 13.0. The minimum atomic E-state index is -0.736. The molecule has 1 atom stereocenters. The summed E-state index contributed by atoms with van der Waals surface area (Å²) in [6.07, 6.45) is 0.457. The van der Waals surface area contributed by atoms with Gasteiger partial charge in [-0.2, -0.15) is 0 Å². The maximum atomic E-state index is 12.3. The topological polar surface area (TPSA) is 69.6 Å². The van der Waals surface area contributed by atoms with Crippen LogP contribution in [0.15, 0.2) is 24.3 Å². The number of carbonyl (C=O) groups is 2. The zero-order valence-electron chi connectivity index (χ0n) is 11.6. The summed E-state index contributed by atoms with van der Waals surface area (Å²) in [6.45, 7) is 3.27. The van der Waals surface area contributed by atoms with E-state index in [-0.39, 0.29) is 24.8 Å². The van der Waals surface area contributed by atoms with Gasteiger partial charge in [0.2, 0.25) is 5.91 Å². The van der Waals surface area contributed by atoms with E-state index in [0.29, 0.717) is 12.1 Å². The summed E-state index contributed by atoms with van der Waals surface area (Å²) in [5.41, 5.74) is 1.32. The van der Waals surface area contributed by atoms with Gasteiger partial charge in [-0.05, 0) is 24.6 Å². The Bertz CT molecular complexity index is 502. The molecule has 0 spiro atoms. The number of aliphatic hydroxyl groups excluding tert-OH is 1. The van der Waals surface area contributed by atoms with Crippen molar-refractivity contribution in [3.63, 3.8) is 0 Å². The SMILES string of the molecule is CCCNCC(O)CN1C(=O)Cc2ccccc2C1=O. The van der Waals surface area contributed by atoms with Crippen LogP contribution in [0.2, 0.25) is 0 Å². The maximum absolute atomic E-state index is 12.3. The molecular formula is C15H20N2O3. The molecule has 1 unspecified atom stereocenters. The van der Waals surface area contributed by atoms with Crippen LogP contribution in [-0.4, -0.2) is 47.6 Å². The first-order chi connectivity index (χ1) is 9.63. The highest BCUT2D eigenvalue weighted by Crippen LogP contribution is 2.19. The van der Waals surface area contributed by atoms with Crippen molar-refractivity contribution in [2.75, 3.05) is 19.6 Å². The van der Waals surface area contributed by atoms with E-state index < -0.39 is 6.10 Å². The van der Waals surface area contributed by atoms with Gasteiger partial charge in [0.25, 0.3) is 5.91 Å². The van der Waals surface area contributed by atoms with Crippen LogP contribution in [0.4, 0.5) is 0 Å². The molecular weight excluding hydrogens is 256 g/mol. The Labute approximate surface area is 118 Å². The molecule has 0 saturated heterocycles. The van der Waals surface area contributed by atoms with Crippen molar-refractivity contribution in [3.05, 3.63) is 35.4 Å². The van der Waals surface area contributed by atoms with Gasteiger partial charge in [-0.1, -0.05) is 25.1 Å². The summed E-state index contributed by atoms with van der Waals surface area (Å²) in [7, 11) is 0. The van der Waals surface area contributed by atoms with Gasteiger partial charge in [0.1, 0.15) is 0 Å². The Hall–Kier alpha value is -1.72. The highest BCUT2D eigenvalue weighted by atomic mass is 16.3. The fraction of sp³-hybridized carbons (Fsp3) is 0.467. The van der Waals surface area contributed by atoms with E-state index in [2.05, 4.69) is 5.32 Å². The molecule has 0 aliphatic carbocycles. The van der Waals surface area contributed by atoms with Crippen molar-refractivity contribution < 1.29 is 14.7 Å². The largest absolute Gasteiger partial charge is 0.390 e. The molecule has 1 aromatic carbocycles. The van der Waals surface area contributed by atoms with Gasteiger partial charge in [-0.3, -0.25) is 14.5 Å². The predicted octanol–water partition coefficient (Wildman–Crippen LogP) is 0.572. The van der Waals surface area contributed by atoms with Gasteiger partial charge in [-0.15, -0.1) is 0 Å². The molecule has 1 aromatic rings. The van der Waals surface area contributed by atoms with Gasteiger partial charge < -0.3 is 10.4 Å². The molecule has 0 fully saturated rings. The van der Waals surface area contributed by atoms with Crippen LogP contribution in [0.1, 0.15) is 29.3 Å². The Morgan fingerprint density at radius 1 is 1.35 bits per heavy atom. The first kappa shape index (κ1) is 14.7. The summed E-state index contributed by atoms with van der Waals surface area (Å²) in [6, 6.07) is 7.11. The lowest BCUT2D eigenvalue weighted by atomic mass is 9.98. The van der Waals surface area contributed by atoms with Crippen LogP contribution in [-0.2, 0) is 11.2 Å². The van der Waals surface area contributed by atoms with Crippen molar-refractivity contribution in [3.8, 4) is 0 Å². The number of rotatable bonds is 6. The summed E-state index contributed by atoms with van der Waals surface area (Å²) < 4.78 is 0. The van der Waals surface area contributed by atoms with Crippen LogP contribution in [0.3, 0.4) is 0 Å². The number of nitrogens with zero attached hydrogens (tertiary/aromatic N) is 1. The fourth-order valence-corrected chi connectivity index (χ4v) is 2.31. The van der Waals surface area contributed by atoms with Gasteiger partial charge in [0.15, 0.2) is 0 Å². The number of benzene rings is 1. The van der Waals surface area contributed by atoms with Gasteiger partial charge in [0, 0.05) is 12.1 Å². The normalized spacial score (nSPS) is 16.2. The quantitative estimate of drug-likeness (QED) is 0.589. The zero-order chi connectivity index (χ0) is 14.5. The molecule has 2 rings (SSSR count). The standard InChI is InChI=1S/C15H20N2O3/c1-2-7-16-9-12(18)10-17-14(19)8-11-5-3-4-6-13(11)15(17)20/h3-6,12,16,18H,2,7-10H2,1H3. The summed E-state index contributed by atoms with van der Waals surface area (Å²) in [4.78, 5) is 25.4. The molecule has 5 nitrogen and oxygen atoms in total. The fourth-order valence-electron chi connectivity index (χ4n) is 2.31. The molecule has 0 bridgehead atoms. The minimum absolute atomic E-state index is 0.0444. The Kier molecular flexibility index (Phi) is 4.87. The van der Waals surface area contributed by atoms with E-state index in [4.69, 9.17) is 0 Å². The number of fused-ring (bicyclic) bond motifs is 1. The Morgan fingerprint density at radius 2 is 2.10 bits per heavy atom. The van der Waals surface area contributed by atoms with Crippen LogP contribution in [0.25, 0.3) is 0 Å². The number of imide groups is 1. The van der Waals surface area contributed by atoms with E-state index in [9.17, 15) is 14.7 Å². The van der Waals surface area contributed by atoms with Crippen molar-refractivity contribution in [1.29, 1.82) is 0 Å². The lowest BCUT2D eigenvalue weighted by molar-refractivity contribution is -0.129. The smallest absolute Gasteiger partial charge is 0.260 e. The van der Waals surface area contributed by atoms with Crippen LogP contribution < -0.4 is 5.32 Å². The molecule has 0 radical (unpaired) electrons. The molecule has 2 N–H and O–H groups in total. The number of amides is 2. The van der Waals surface area contributed by atoms with E-state index in [1.807, 2.05) is 13.0 Å². The van der Waals surface area contributed by atoms with Crippen molar-refractivity contribution in [1.82, 2.24) is 10.2 Å². The number of hydrogen-bond donors (Lipinski definition) is 2. The minimum Gasteiger partial charge on any atom is -0.390 e. The van der Waals surface area contributed by atoms with Gasteiger partial charge in [0.05, 0.1) is 19.1 Å². The second kappa shape index (κ2) is 6.63. The van der Waals surface area contributed by atoms with Crippen molar-refractivity contribution in [2.45, 2.75) is 25.9 Å². The lowest BCUT2D eigenvalue weighted by Crippen LogP contribution is -2.48. The first-order valence-corrected chi connectivity index (χ1v) is 6.95. The van der Waals surface area contributed by atoms with E-state index in [1.54, 1.807) is 18.2 Å². The Morgan fingerprint density at radius 3 is 2.85 bits per heavy atom. The molecule has 0 aromatic heterocycles. The molecule has 1 heterocycles. The van der Waals surface area contributed by atoms with Crippen LogP contribution in [0, 0.1) is 0 Å². The third kappa shape index (κ3) is 3.23. The molecule has 20 heavy (non-hydrogen) atoms. The van der Waals surface area contributed by atoms with Crippen LogP contribution in [0.5, 0.6) is 0 Å². The van der Waals surface area contributed by atoms with Gasteiger partial charge in [-0.25, -0.2) is 0 Å². The molecule has 2 amide bonds. The van der Waals surface area contributed by atoms with E-state index in [0.717, 1.165) is 23.4 Å².